The van der Waals surface area contributed by atoms with Crippen LogP contribution in [0.5, 0.6) is 5.75 Å². The smallest absolute Gasteiger partial charge is 0.119 e. The average Bonchev–Trinajstić information content (AvgIpc) is 2.53. The van der Waals surface area contributed by atoms with Crippen LogP contribution in [0.25, 0.3) is 0 Å². The van der Waals surface area contributed by atoms with E-state index in [0.29, 0.717) is 12.0 Å². The van der Waals surface area contributed by atoms with Crippen LogP contribution in [-0.2, 0) is 0 Å². The first-order chi connectivity index (χ1) is 10.2. The molecular formula is C17H27ClN2O. The summed E-state index contributed by atoms with van der Waals surface area (Å²) in [6.45, 7) is 2.62. The van der Waals surface area contributed by atoms with Crippen molar-refractivity contribution in [2.75, 3.05) is 26.7 Å². The van der Waals surface area contributed by atoms with Gasteiger partial charge in [-0.25, -0.2) is 0 Å². The third-order valence-corrected chi connectivity index (χ3v) is 4.73. The van der Waals surface area contributed by atoms with Crippen molar-refractivity contribution in [3.63, 3.8) is 0 Å². The second-order valence-corrected chi connectivity index (χ2v) is 6.42. The second kappa shape index (κ2) is 8.62. The Kier molecular flexibility index (Phi) is 6.81. The summed E-state index contributed by atoms with van der Waals surface area (Å²) in [6.07, 6.45) is 6.29. The molecule has 1 aromatic carbocycles. The van der Waals surface area contributed by atoms with Crippen LogP contribution in [0.15, 0.2) is 24.3 Å². The van der Waals surface area contributed by atoms with Crippen molar-refractivity contribution in [2.45, 2.75) is 38.1 Å². The monoisotopic (exact) mass is 310 g/mol. The van der Waals surface area contributed by atoms with Crippen molar-refractivity contribution >= 4 is 11.6 Å². The molecule has 0 amide bonds. The van der Waals surface area contributed by atoms with E-state index in [0.717, 1.165) is 36.9 Å². The molecule has 4 heteroatoms. The molecule has 1 aromatic rings. The number of ether oxygens (including phenoxy) is 1. The Labute approximate surface area is 133 Å². The van der Waals surface area contributed by atoms with Gasteiger partial charge in [0.2, 0.25) is 0 Å². The van der Waals surface area contributed by atoms with Gasteiger partial charge in [-0.1, -0.05) is 24.4 Å². The van der Waals surface area contributed by atoms with E-state index in [1.165, 1.54) is 25.7 Å². The first-order valence-electron chi connectivity index (χ1n) is 7.99. The van der Waals surface area contributed by atoms with Gasteiger partial charge in [0, 0.05) is 17.6 Å². The van der Waals surface area contributed by atoms with Crippen LogP contribution in [-0.4, -0.2) is 37.7 Å². The third-order valence-electron chi connectivity index (χ3n) is 4.48. The summed E-state index contributed by atoms with van der Waals surface area (Å²) in [6, 6.07) is 8.20. The zero-order valence-corrected chi connectivity index (χ0v) is 13.7. The zero-order chi connectivity index (χ0) is 15.1. The molecule has 1 saturated carbocycles. The maximum atomic E-state index is 5.91. The predicted molar refractivity (Wildman–Crippen MR) is 89.0 cm³/mol. The molecule has 2 unspecified atom stereocenters. The third kappa shape index (κ3) is 5.17. The normalized spacial score (nSPS) is 22.5. The summed E-state index contributed by atoms with van der Waals surface area (Å²) in [5, 5.41) is 0.743. The zero-order valence-electron chi connectivity index (χ0n) is 12.9. The van der Waals surface area contributed by atoms with Gasteiger partial charge in [-0.05, 0) is 63.0 Å². The summed E-state index contributed by atoms with van der Waals surface area (Å²) in [5.74, 6) is 1.56. The maximum absolute atomic E-state index is 5.91. The molecule has 0 aliphatic heterocycles. The Morgan fingerprint density at radius 2 is 1.95 bits per heavy atom. The molecule has 2 N–H and O–H groups in total. The minimum atomic E-state index is 0.652. The summed E-state index contributed by atoms with van der Waals surface area (Å²) in [5.41, 5.74) is 5.91. The Morgan fingerprint density at radius 3 is 2.67 bits per heavy atom. The van der Waals surface area contributed by atoms with Gasteiger partial charge in [0.05, 0.1) is 6.61 Å². The number of nitrogens with zero attached hydrogens (tertiary/aromatic N) is 1. The molecule has 1 aliphatic rings. The van der Waals surface area contributed by atoms with Gasteiger partial charge < -0.3 is 15.4 Å². The van der Waals surface area contributed by atoms with E-state index in [1.807, 2.05) is 24.3 Å². The van der Waals surface area contributed by atoms with E-state index in [-0.39, 0.29) is 0 Å². The van der Waals surface area contributed by atoms with Gasteiger partial charge >= 0.3 is 0 Å². The standard InChI is InChI=1S/C17H27ClN2O/c1-20(17-6-3-2-5-14(17)13-19)11-4-12-21-16-9-7-15(18)8-10-16/h7-10,14,17H,2-6,11-13,19H2,1H3. The lowest BCUT2D eigenvalue weighted by atomic mass is 9.83. The minimum absolute atomic E-state index is 0.652. The topological polar surface area (TPSA) is 38.5 Å². The average molecular weight is 311 g/mol. The Morgan fingerprint density at radius 1 is 1.24 bits per heavy atom. The van der Waals surface area contributed by atoms with Gasteiger partial charge in [-0.15, -0.1) is 0 Å². The number of nitrogens with two attached hydrogens (primary N) is 1. The van der Waals surface area contributed by atoms with Crippen molar-refractivity contribution in [3.8, 4) is 5.75 Å². The lowest BCUT2D eigenvalue weighted by Crippen LogP contribution is -2.43. The molecule has 2 atom stereocenters. The molecule has 1 fully saturated rings. The summed E-state index contributed by atoms with van der Waals surface area (Å²) in [4.78, 5) is 2.47. The fourth-order valence-corrected chi connectivity index (χ4v) is 3.37. The summed E-state index contributed by atoms with van der Waals surface area (Å²) in [7, 11) is 2.22. The second-order valence-electron chi connectivity index (χ2n) is 5.98. The van der Waals surface area contributed by atoms with Crippen molar-refractivity contribution in [2.24, 2.45) is 11.7 Å². The van der Waals surface area contributed by atoms with Gasteiger partial charge in [-0.2, -0.15) is 0 Å². The fraction of sp³-hybridized carbons (Fsp3) is 0.647. The molecular weight excluding hydrogens is 284 g/mol. The molecule has 0 heterocycles. The maximum Gasteiger partial charge on any atom is 0.119 e. The predicted octanol–water partition coefficient (Wildman–Crippen LogP) is 3.56. The van der Waals surface area contributed by atoms with Crippen LogP contribution in [0.4, 0.5) is 0 Å². The van der Waals surface area contributed by atoms with Crippen molar-refractivity contribution in [1.29, 1.82) is 0 Å². The number of hydrogen-bond acceptors (Lipinski definition) is 3. The molecule has 0 spiro atoms. The first-order valence-corrected chi connectivity index (χ1v) is 8.37. The molecule has 2 rings (SSSR count). The Bertz CT molecular complexity index is 410. The number of rotatable bonds is 7. The molecule has 118 valence electrons. The number of halogens is 1. The lowest BCUT2D eigenvalue weighted by Gasteiger charge is -2.37. The van der Waals surface area contributed by atoms with Crippen LogP contribution in [0.1, 0.15) is 32.1 Å². The van der Waals surface area contributed by atoms with E-state index in [1.54, 1.807) is 0 Å². The van der Waals surface area contributed by atoms with Gasteiger partial charge in [0.15, 0.2) is 0 Å². The van der Waals surface area contributed by atoms with E-state index < -0.39 is 0 Å². The summed E-state index contributed by atoms with van der Waals surface area (Å²) >= 11 is 5.86. The molecule has 3 nitrogen and oxygen atoms in total. The minimum Gasteiger partial charge on any atom is -0.494 e. The summed E-state index contributed by atoms with van der Waals surface area (Å²) < 4.78 is 5.74. The molecule has 0 radical (unpaired) electrons. The SMILES string of the molecule is CN(CCCOc1ccc(Cl)cc1)C1CCCCC1CN. The van der Waals surface area contributed by atoms with Gasteiger partial charge in [-0.3, -0.25) is 0 Å². The lowest BCUT2D eigenvalue weighted by molar-refractivity contribution is 0.126. The van der Waals surface area contributed by atoms with Crippen molar-refractivity contribution in [3.05, 3.63) is 29.3 Å². The highest BCUT2D eigenvalue weighted by atomic mass is 35.5. The van der Waals surface area contributed by atoms with Gasteiger partial charge in [0.1, 0.15) is 5.75 Å². The van der Waals surface area contributed by atoms with Crippen LogP contribution in [0.3, 0.4) is 0 Å². The largest absolute Gasteiger partial charge is 0.494 e. The van der Waals surface area contributed by atoms with E-state index in [9.17, 15) is 0 Å². The van der Waals surface area contributed by atoms with Crippen molar-refractivity contribution in [1.82, 2.24) is 4.90 Å². The van der Waals surface area contributed by atoms with E-state index >= 15 is 0 Å². The van der Waals surface area contributed by atoms with E-state index in [2.05, 4.69) is 11.9 Å². The van der Waals surface area contributed by atoms with Crippen LogP contribution < -0.4 is 10.5 Å². The molecule has 0 aromatic heterocycles. The van der Waals surface area contributed by atoms with Crippen molar-refractivity contribution < 1.29 is 4.74 Å². The molecule has 0 saturated heterocycles. The molecule has 21 heavy (non-hydrogen) atoms. The quantitative estimate of drug-likeness (QED) is 0.783. The van der Waals surface area contributed by atoms with Crippen LogP contribution >= 0.6 is 11.6 Å². The Hall–Kier alpha value is -0.770. The first kappa shape index (κ1) is 16.6. The number of hydrogen-bond donors (Lipinski definition) is 1. The molecule has 0 bridgehead atoms. The van der Waals surface area contributed by atoms with Crippen LogP contribution in [0.2, 0.25) is 5.02 Å². The highest BCUT2D eigenvalue weighted by Gasteiger charge is 2.26. The Balaban J connectivity index is 1.68. The fourth-order valence-electron chi connectivity index (χ4n) is 3.24. The van der Waals surface area contributed by atoms with Crippen LogP contribution in [0, 0.1) is 5.92 Å². The number of benzene rings is 1. The highest BCUT2D eigenvalue weighted by molar-refractivity contribution is 6.30. The van der Waals surface area contributed by atoms with Gasteiger partial charge in [0.25, 0.3) is 0 Å². The molecule has 1 aliphatic carbocycles. The van der Waals surface area contributed by atoms with E-state index in [4.69, 9.17) is 22.1 Å². The highest BCUT2D eigenvalue weighted by Crippen LogP contribution is 2.27.